The van der Waals surface area contributed by atoms with Gasteiger partial charge in [-0.15, -0.1) is 0 Å². The third-order valence-electron chi connectivity index (χ3n) is 4.08. The zero-order valence-electron chi connectivity index (χ0n) is 14.5. The lowest BCUT2D eigenvalue weighted by atomic mass is 10.0. The van der Waals surface area contributed by atoms with Crippen molar-refractivity contribution in [2.45, 2.75) is 20.0 Å². The summed E-state index contributed by atoms with van der Waals surface area (Å²) in [6.45, 7) is 3.76. The maximum atomic E-state index is 12.4. The third kappa shape index (κ3) is 2.52. The molecule has 0 saturated carbocycles. The van der Waals surface area contributed by atoms with Gasteiger partial charge in [-0.05, 0) is 32.0 Å². The molecular formula is C19H16O7. The molecule has 0 fully saturated rings. The molecule has 2 heterocycles. The molecule has 0 N–H and O–H groups in total. The molecule has 0 atom stereocenters. The number of carbonyl (C=O) groups is 1. The SMILES string of the molecule is COC(=O)c1cc2c(cc1OC(C)C)oc(=O)c1cc3c(cc12)OCO3. The van der Waals surface area contributed by atoms with Crippen LogP contribution in [0.5, 0.6) is 17.2 Å². The number of hydrogen-bond acceptors (Lipinski definition) is 7. The van der Waals surface area contributed by atoms with Gasteiger partial charge in [0.2, 0.25) is 6.79 Å². The monoisotopic (exact) mass is 356 g/mol. The summed E-state index contributed by atoms with van der Waals surface area (Å²) >= 11 is 0. The average molecular weight is 356 g/mol. The molecule has 1 aliphatic rings. The van der Waals surface area contributed by atoms with E-state index in [1.54, 1.807) is 18.2 Å². The number of carbonyl (C=O) groups excluding carboxylic acids is 1. The van der Waals surface area contributed by atoms with E-state index >= 15 is 0 Å². The number of benzene rings is 2. The van der Waals surface area contributed by atoms with E-state index < -0.39 is 11.6 Å². The molecule has 0 radical (unpaired) electrons. The van der Waals surface area contributed by atoms with E-state index in [9.17, 15) is 9.59 Å². The summed E-state index contributed by atoms with van der Waals surface area (Å²) in [6, 6.07) is 6.43. The molecule has 26 heavy (non-hydrogen) atoms. The fourth-order valence-electron chi connectivity index (χ4n) is 2.97. The second-order valence-electron chi connectivity index (χ2n) is 6.14. The molecule has 0 bridgehead atoms. The number of hydrogen-bond donors (Lipinski definition) is 0. The van der Waals surface area contributed by atoms with Crippen molar-refractivity contribution in [1.82, 2.24) is 0 Å². The van der Waals surface area contributed by atoms with Crippen LogP contribution in [0.25, 0.3) is 21.7 Å². The molecule has 134 valence electrons. The predicted octanol–water partition coefficient (Wildman–Crippen LogP) is 3.25. The van der Waals surface area contributed by atoms with Crippen LogP contribution in [0, 0.1) is 0 Å². The van der Waals surface area contributed by atoms with Gasteiger partial charge < -0.3 is 23.4 Å². The van der Waals surface area contributed by atoms with E-state index in [1.807, 2.05) is 13.8 Å². The number of ether oxygens (including phenoxy) is 4. The van der Waals surface area contributed by atoms with E-state index in [-0.39, 0.29) is 18.5 Å². The Balaban J connectivity index is 2.07. The highest BCUT2D eigenvalue weighted by Crippen LogP contribution is 2.38. The van der Waals surface area contributed by atoms with Gasteiger partial charge in [-0.3, -0.25) is 0 Å². The summed E-state index contributed by atoms with van der Waals surface area (Å²) in [7, 11) is 1.30. The van der Waals surface area contributed by atoms with Gasteiger partial charge in [0.25, 0.3) is 0 Å². The Bertz CT molecular complexity index is 1090. The van der Waals surface area contributed by atoms with Crippen LogP contribution >= 0.6 is 0 Å². The van der Waals surface area contributed by atoms with Crippen molar-refractivity contribution >= 4 is 27.7 Å². The summed E-state index contributed by atoms with van der Waals surface area (Å²) < 4.78 is 26.7. The maximum absolute atomic E-state index is 12.4. The molecule has 0 amide bonds. The zero-order valence-corrected chi connectivity index (χ0v) is 14.5. The first-order valence-corrected chi connectivity index (χ1v) is 8.07. The molecule has 0 unspecified atom stereocenters. The van der Waals surface area contributed by atoms with E-state index in [0.717, 1.165) is 0 Å². The predicted molar refractivity (Wildman–Crippen MR) is 93.2 cm³/mol. The van der Waals surface area contributed by atoms with Gasteiger partial charge in [0, 0.05) is 16.8 Å². The minimum absolute atomic E-state index is 0.0920. The molecule has 7 nitrogen and oxygen atoms in total. The van der Waals surface area contributed by atoms with Crippen LogP contribution < -0.4 is 19.8 Å². The van der Waals surface area contributed by atoms with Gasteiger partial charge >= 0.3 is 11.6 Å². The quantitative estimate of drug-likeness (QED) is 0.404. The molecule has 2 aromatic carbocycles. The highest BCUT2D eigenvalue weighted by Gasteiger charge is 2.21. The molecule has 0 aliphatic carbocycles. The zero-order chi connectivity index (χ0) is 18.4. The van der Waals surface area contributed by atoms with E-state index in [0.29, 0.717) is 39.0 Å². The van der Waals surface area contributed by atoms with Crippen LogP contribution in [-0.4, -0.2) is 26.0 Å². The van der Waals surface area contributed by atoms with Crippen LogP contribution in [0.4, 0.5) is 0 Å². The van der Waals surface area contributed by atoms with Crippen molar-refractivity contribution in [3.05, 3.63) is 40.2 Å². The van der Waals surface area contributed by atoms with E-state index in [2.05, 4.69) is 0 Å². The molecule has 7 heteroatoms. The van der Waals surface area contributed by atoms with Gasteiger partial charge in [-0.2, -0.15) is 0 Å². The number of fused-ring (bicyclic) bond motifs is 4. The second kappa shape index (κ2) is 5.94. The lowest BCUT2D eigenvalue weighted by Crippen LogP contribution is -2.11. The minimum atomic E-state index is -0.539. The summed E-state index contributed by atoms with van der Waals surface area (Å²) in [5.74, 6) is 0.772. The van der Waals surface area contributed by atoms with Crippen molar-refractivity contribution in [3.8, 4) is 17.2 Å². The Hall–Kier alpha value is -3.22. The van der Waals surface area contributed by atoms with Crippen molar-refractivity contribution < 1.29 is 28.2 Å². The standard InChI is InChI=1S/C19H16O7/c1-9(2)25-15-7-14-11(4-13(15)18(20)22-3)10-5-16-17(24-8-23-16)6-12(10)19(21)26-14/h4-7,9H,8H2,1-3H3. The number of methoxy groups -OCH3 is 1. The summed E-state index contributed by atoms with van der Waals surface area (Å²) in [5, 5.41) is 1.52. The van der Waals surface area contributed by atoms with Crippen molar-refractivity contribution in [3.63, 3.8) is 0 Å². The normalized spacial score (nSPS) is 12.8. The molecule has 0 spiro atoms. The Morgan fingerprint density at radius 2 is 1.73 bits per heavy atom. The van der Waals surface area contributed by atoms with Crippen molar-refractivity contribution in [1.29, 1.82) is 0 Å². The molecule has 3 aromatic rings. The van der Waals surface area contributed by atoms with Crippen molar-refractivity contribution in [2.75, 3.05) is 13.9 Å². The topological polar surface area (TPSA) is 84.2 Å². The van der Waals surface area contributed by atoms with Crippen LogP contribution in [-0.2, 0) is 4.74 Å². The molecule has 0 saturated heterocycles. The average Bonchev–Trinajstić information content (AvgIpc) is 3.06. The molecule has 4 rings (SSSR count). The van der Waals surface area contributed by atoms with Crippen LogP contribution in [0.2, 0.25) is 0 Å². The van der Waals surface area contributed by atoms with Crippen LogP contribution in [0.3, 0.4) is 0 Å². The summed E-state index contributed by atoms with van der Waals surface area (Å²) in [4.78, 5) is 24.6. The Kier molecular flexibility index (Phi) is 3.72. The largest absolute Gasteiger partial charge is 0.490 e. The fourth-order valence-corrected chi connectivity index (χ4v) is 2.97. The Morgan fingerprint density at radius 3 is 2.38 bits per heavy atom. The van der Waals surface area contributed by atoms with E-state index in [1.165, 1.54) is 13.2 Å². The fraction of sp³-hybridized carbons (Fsp3) is 0.263. The smallest absolute Gasteiger partial charge is 0.344 e. The van der Waals surface area contributed by atoms with Gasteiger partial charge in [-0.1, -0.05) is 0 Å². The Morgan fingerprint density at radius 1 is 1.04 bits per heavy atom. The van der Waals surface area contributed by atoms with Gasteiger partial charge in [0.05, 0.1) is 18.6 Å². The minimum Gasteiger partial charge on any atom is -0.490 e. The van der Waals surface area contributed by atoms with Crippen molar-refractivity contribution in [2.24, 2.45) is 0 Å². The Labute approximate surface area is 148 Å². The van der Waals surface area contributed by atoms with E-state index in [4.69, 9.17) is 23.4 Å². The van der Waals surface area contributed by atoms with Crippen LogP contribution in [0.1, 0.15) is 24.2 Å². The highest BCUT2D eigenvalue weighted by atomic mass is 16.7. The molecule has 1 aromatic heterocycles. The summed E-state index contributed by atoms with van der Waals surface area (Å²) in [5.41, 5.74) is 0.0540. The molecular weight excluding hydrogens is 340 g/mol. The van der Waals surface area contributed by atoms with Gasteiger partial charge in [-0.25, -0.2) is 9.59 Å². The lowest BCUT2D eigenvalue weighted by molar-refractivity contribution is 0.0594. The maximum Gasteiger partial charge on any atom is 0.344 e. The summed E-state index contributed by atoms with van der Waals surface area (Å²) in [6.07, 6.45) is -0.170. The third-order valence-corrected chi connectivity index (χ3v) is 4.08. The van der Waals surface area contributed by atoms with Gasteiger partial charge in [0.1, 0.15) is 16.9 Å². The highest BCUT2D eigenvalue weighted by molar-refractivity contribution is 6.09. The van der Waals surface area contributed by atoms with Crippen LogP contribution in [0.15, 0.2) is 33.5 Å². The number of rotatable bonds is 3. The second-order valence-corrected chi connectivity index (χ2v) is 6.14. The number of esters is 1. The first-order valence-electron chi connectivity index (χ1n) is 8.07. The first kappa shape index (κ1) is 16.3. The lowest BCUT2D eigenvalue weighted by Gasteiger charge is -2.14. The first-order chi connectivity index (χ1) is 12.5. The molecule has 1 aliphatic heterocycles. The van der Waals surface area contributed by atoms with Gasteiger partial charge in [0.15, 0.2) is 11.5 Å².